The van der Waals surface area contributed by atoms with Gasteiger partial charge in [-0.3, -0.25) is 4.79 Å². The molecule has 0 saturated carbocycles. The molecule has 0 radical (unpaired) electrons. The zero-order chi connectivity index (χ0) is 22.2. The number of anilines is 1. The van der Waals surface area contributed by atoms with Gasteiger partial charge in [0.2, 0.25) is 0 Å². The maximum absolute atomic E-state index is 13.0. The molecule has 0 heterocycles. The number of ether oxygens (including phenoxy) is 2. The summed E-state index contributed by atoms with van der Waals surface area (Å²) in [5.41, 5.74) is 1.88. The van der Waals surface area contributed by atoms with E-state index in [-0.39, 0.29) is 5.57 Å². The molecule has 1 amide bonds. The minimum absolute atomic E-state index is 0.102. The summed E-state index contributed by atoms with van der Waals surface area (Å²) in [6, 6.07) is 20.1. The van der Waals surface area contributed by atoms with Crippen molar-refractivity contribution in [2.75, 3.05) is 12.4 Å². The first-order valence-corrected chi connectivity index (χ1v) is 10.0. The molecule has 5 nitrogen and oxygen atoms in total. The van der Waals surface area contributed by atoms with Gasteiger partial charge in [0.05, 0.1) is 7.11 Å². The molecule has 0 spiro atoms. The van der Waals surface area contributed by atoms with Crippen LogP contribution in [0.15, 0.2) is 76.8 Å². The monoisotopic (exact) mass is 480 g/mol. The number of carbonyl (C=O) groups excluding carboxylic acids is 1. The number of nitrogens with one attached hydrogen (secondary N) is 1. The summed E-state index contributed by atoms with van der Waals surface area (Å²) in [6.07, 6.45) is 1.44. The van der Waals surface area contributed by atoms with E-state index >= 15 is 0 Å². The van der Waals surface area contributed by atoms with Gasteiger partial charge in [0.15, 0.2) is 11.5 Å². The lowest BCUT2D eigenvalue weighted by Gasteiger charge is -2.12. The van der Waals surface area contributed by atoms with Crippen LogP contribution in [0, 0.1) is 17.1 Å². The Hall–Kier alpha value is -3.63. The zero-order valence-electron chi connectivity index (χ0n) is 16.6. The molecule has 0 saturated heterocycles. The Morgan fingerprint density at radius 2 is 1.81 bits per heavy atom. The summed E-state index contributed by atoms with van der Waals surface area (Å²) < 4.78 is 25.2. The van der Waals surface area contributed by atoms with Crippen molar-refractivity contribution >= 4 is 33.6 Å². The van der Waals surface area contributed by atoms with Crippen LogP contribution in [0.4, 0.5) is 10.1 Å². The van der Waals surface area contributed by atoms with Crippen molar-refractivity contribution in [1.29, 1.82) is 5.26 Å². The Kier molecular flexibility index (Phi) is 7.41. The molecule has 0 aromatic heterocycles. The van der Waals surface area contributed by atoms with Crippen LogP contribution in [-0.2, 0) is 11.4 Å². The predicted octanol–water partition coefficient (Wildman–Crippen LogP) is 5.72. The molecule has 1 N–H and O–H groups in total. The van der Waals surface area contributed by atoms with Gasteiger partial charge in [-0.15, -0.1) is 0 Å². The van der Waals surface area contributed by atoms with Crippen molar-refractivity contribution in [2.24, 2.45) is 0 Å². The topological polar surface area (TPSA) is 71.3 Å². The van der Waals surface area contributed by atoms with Gasteiger partial charge < -0.3 is 14.8 Å². The van der Waals surface area contributed by atoms with Crippen LogP contribution in [0.25, 0.3) is 6.08 Å². The number of benzene rings is 3. The Labute approximate surface area is 187 Å². The minimum Gasteiger partial charge on any atom is -0.493 e. The van der Waals surface area contributed by atoms with Crippen molar-refractivity contribution in [1.82, 2.24) is 0 Å². The molecular formula is C24H18BrFN2O3. The largest absolute Gasteiger partial charge is 0.493 e. The first kappa shape index (κ1) is 22.1. The van der Waals surface area contributed by atoms with E-state index in [1.54, 1.807) is 18.2 Å². The molecule has 3 aromatic rings. The van der Waals surface area contributed by atoms with Gasteiger partial charge in [-0.2, -0.15) is 5.26 Å². The van der Waals surface area contributed by atoms with Crippen LogP contribution in [0.5, 0.6) is 11.5 Å². The molecule has 0 bridgehead atoms. The van der Waals surface area contributed by atoms with E-state index in [4.69, 9.17) is 9.47 Å². The van der Waals surface area contributed by atoms with Crippen LogP contribution in [0.2, 0.25) is 0 Å². The minimum atomic E-state index is -0.594. The summed E-state index contributed by atoms with van der Waals surface area (Å²) in [5.74, 6) is 0.00570. The maximum atomic E-state index is 13.0. The van der Waals surface area contributed by atoms with E-state index in [9.17, 15) is 14.4 Å². The second-order valence-electron chi connectivity index (χ2n) is 6.46. The molecule has 0 aliphatic carbocycles. The normalized spacial score (nSPS) is 10.8. The Balaban J connectivity index is 1.74. The van der Waals surface area contributed by atoms with Gasteiger partial charge in [0.25, 0.3) is 5.91 Å². The number of amides is 1. The highest BCUT2D eigenvalue weighted by Crippen LogP contribution is 2.30. The van der Waals surface area contributed by atoms with Crippen molar-refractivity contribution in [3.05, 3.63) is 93.7 Å². The summed E-state index contributed by atoms with van der Waals surface area (Å²) in [7, 11) is 1.52. The Morgan fingerprint density at radius 1 is 1.10 bits per heavy atom. The molecule has 31 heavy (non-hydrogen) atoms. The van der Waals surface area contributed by atoms with E-state index < -0.39 is 11.7 Å². The van der Waals surface area contributed by atoms with E-state index in [0.29, 0.717) is 29.4 Å². The standard InChI is InChI=1S/C24H18BrFN2O3/c1-30-23-13-17(4-11-22(23)31-15-16-2-5-19(25)6-3-16)12-18(14-27)24(29)28-21-9-7-20(26)8-10-21/h2-13H,15H2,1H3,(H,28,29)/b18-12+. The van der Waals surface area contributed by atoms with Crippen molar-refractivity contribution in [2.45, 2.75) is 6.61 Å². The molecule has 0 unspecified atom stereocenters. The highest BCUT2D eigenvalue weighted by Gasteiger charge is 2.11. The summed E-state index contributed by atoms with van der Waals surface area (Å²) in [6.45, 7) is 0.363. The van der Waals surface area contributed by atoms with Crippen LogP contribution >= 0.6 is 15.9 Å². The van der Waals surface area contributed by atoms with Gasteiger partial charge in [-0.25, -0.2) is 4.39 Å². The third-order valence-corrected chi connectivity index (χ3v) is 4.80. The van der Waals surface area contributed by atoms with Gasteiger partial charge in [0, 0.05) is 10.2 Å². The Morgan fingerprint density at radius 3 is 2.45 bits per heavy atom. The number of nitrogens with zero attached hydrogens (tertiary/aromatic N) is 1. The fourth-order valence-corrected chi connectivity index (χ4v) is 2.95. The fraction of sp³-hybridized carbons (Fsp3) is 0.0833. The van der Waals surface area contributed by atoms with Crippen LogP contribution < -0.4 is 14.8 Å². The molecule has 0 aliphatic rings. The lowest BCUT2D eigenvalue weighted by atomic mass is 10.1. The number of nitriles is 1. The molecule has 0 atom stereocenters. The average Bonchev–Trinajstić information content (AvgIpc) is 2.78. The summed E-state index contributed by atoms with van der Waals surface area (Å²) in [5, 5.41) is 12.0. The Bertz CT molecular complexity index is 1140. The van der Waals surface area contributed by atoms with Crippen LogP contribution in [-0.4, -0.2) is 13.0 Å². The smallest absolute Gasteiger partial charge is 0.266 e. The number of rotatable bonds is 7. The number of carbonyl (C=O) groups is 1. The van der Waals surface area contributed by atoms with Crippen molar-refractivity contribution in [3.8, 4) is 17.6 Å². The van der Waals surface area contributed by atoms with Gasteiger partial charge in [0.1, 0.15) is 24.1 Å². The molecule has 0 aliphatic heterocycles. The molecule has 3 aromatic carbocycles. The first-order valence-electron chi connectivity index (χ1n) is 9.22. The third kappa shape index (κ3) is 6.17. The first-order chi connectivity index (χ1) is 15.0. The number of methoxy groups -OCH3 is 1. The molecule has 0 fully saturated rings. The van der Waals surface area contributed by atoms with E-state index in [2.05, 4.69) is 21.2 Å². The lowest BCUT2D eigenvalue weighted by Crippen LogP contribution is -2.13. The summed E-state index contributed by atoms with van der Waals surface area (Å²) >= 11 is 3.40. The summed E-state index contributed by atoms with van der Waals surface area (Å²) in [4.78, 5) is 12.4. The maximum Gasteiger partial charge on any atom is 0.266 e. The SMILES string of the molecule is COc1cc(/C=C(\C#N)C(=O)Nc2ccc(F)cc2)ccc1OCc1ccc(Br)cc1. The van der Waals surface area contributed by atoms with Crippen LogP contribution in [0.1, 0.15) is 11.1 Å². The second-order valence-corrected chi connectivity index (χ2v) is 7.37. The lowest BCUT2D eigenvalue weighted by molar-refractivity contribution is -0.112. The van der Waals surface area contributed by atoms with Crippen LogP contribution in [0.3, 0.4) is 0 Å². The quantitative estimate of drug-likeness (QED) is 0.346. The highest BCUT2D eigenvalue weighted by molar-refractivity contribution is 9.10. The third-order valence-electron chi connectivity index (χ3n) is 4.27. The number of hydrogen-bond donors (Lipinski definition) is 1. The van der Waals surface area contributed by atoms with Crippen molar-refractivity contribution in [3.63, 3.8) is 0 Å². The fourth-order valence-electron chi connectivity index (χ4n) is 2.68. The number of halogens is 2. The average molecular weight is 481 g/mol. The molecular weight excluding hydrogens is 463 g/mol. The van der Waals surface area contributed by atoms with E-state index in [1.807, 2.05) is 30.3 Å². The predicted molar refractivity (Wildman–Crippen MR) is 120 cm³/mol. The van der Waals surface area contributed by atoms with Gasteiger partial charge in [-0.05, 0) is 65.7 Å². The van der Waals surface area contributed by atoms with E-state index in [1.165, 1.54) is 37.5 Å². The molecule has 156 valence electrons. The second kappa shape index (κ2) is 10.4. The molecule has 3 rings (SSSR count). The van der Waals surface area contributed by atoms with Gasteiger partial charge >= 0.3 is 0 Å². The highest BCUT2D eigenvalue weighted by atomic mass is 79.9. The molecule has 7 heteroatoms. The zero-order valence-corrected chi connectivity index (χ0v) is 18.1. The number of hydrogen-bond acceptors (Lipinski definition) is 4. The van der Waals surface area contributed by atoms with Crippen molar-refractivity contribution < 1.29 is 18.7 Å². The van der Waals surface area contributed by atoms with E-state index in [0.717, 1.165) is 10.0 Å². The van der Waals surface area contributed by atoms with Gasteiger partial charge in [-0.1, -0.05) is 34.1 Å².